The first-order chi connectivity index (χ1) is 10.3. The van der Waals surface area contributed by atoms with Crippen molar-refractivity contribution in [3.05, 3.63) is 36.6 Å². The Bertz CT molecular complexity index is 398. The zero-order valence-corrected chi connectivity index (χ0v) is 13.8. The Morgan fingerprint density at radius 1 is 1.05 bits per heavy atom. The third kappa shape index (κ3) is 7.79. The Labute approximate surface area is 130 Å². The smallest absolute Gasteiger partial charge is 0.168 e. The highest BCUT2D eigenvalue weighted by atomic mass is 16.5. The molecule has 0 saturated heterocycles. The Hall–Kier alpha value is -1.44. The van der Waals surface area contributed by atoms with Crippen molar-refractivity contribution in [1.82, 2.24) is 0 Å². The molecule has 1 aromatic rings. The van der Waals surface area contributed by atoms with Gasteiger partial charge in [-0.3, -0.25) is 0 Å². The van der Waals surface area contributed by atoms with Crippen LogP contribution >= 0.6 is 0 Å². The first kappa shape index (κ1) is 17.6. The van der Waals surface area contributed by atoms with Crippen LogP contribution < -0.4 is 9.47 Å². The van der Waals surface area contributed by atoms with Crippen molar-refractivity contribution in [2.45, 2.75) is 59.3 Å². The lowest BCUT2D eigenvalue weighted by Gasteiger charge is -2.13. The van der Waals surface area contributed by atoms with Gasteiger partial charge in [-0.2, -0.15) is 0 Å². The van der Waals surface area contributed by atoms with E-state index in [0.29, 0.717) is 5.92 Å². The van der Waals surface area contributed by atoms with E-state index in [2.05, 4.69) is 26.8 Å². The lowest BCUT2D eigenvalue weighted by molar-refractivity contribution is 0.248. The van der Waals surface area contributed by atoms with Crippen molar-refractivity contribution < 1.29 is 9.47 Å². The minimum absolute atomic E-state index is 0.562. The molecule has 0 aliphatic carbocycles. The van der Waals surface area contributed by atoms with Crippen LogP contribution in [0.4, 0.5) is 0 Å². The van der Waals surface area contributed by atoms with E-state index >= 15 is 0 Å². The molecule has 0 heterocycles. The molecule has 0 bridgehead atoms. The highest BCUT2D eigenvalue weighted by Crippen LogP contribution is 2.27. The van der Waals surface area contributed by atoms with Crippen LogP contribution in [0.15, 0.2) is 36.6 Å². The fraction of sp³-hybridized carbons (Fsp3) is 0.579. The summed E-state index contributed by atoms with van der Waals surface area (Å²) in [5.74, 6) is 2.19. The summed E-state index contributed by atoms with van der Waals surface area (Å²) < 4.78 is 11.5. The van der Waals surface area contributed by atoms with E-state index < -0.39 is 0 Å². The minimum atomic E-state index is 0.562. The molecule has 0 saturated carbocycles. The standard InChI is InChI=1S/C19H30O2/c1-4-6-7-8-9-12-15-20-18-13-10-11-14-19(18)21-16-17(3)5-2/h10-15,17H,4-9,16H2,1-3H3. The quantitative estimate of drug-likeness (QED) is 0.369. The van der Waals surface area contributed by atoms with E-state index in [-0.39, 0.29) is 0 Å². The summed E-state index contributed by atoms with van der Waals surface area (Å²) in [6, 6.07) is 7.87. The van der Waals surface area contributed by atoms with Gasteiger partial charge >= 0.3 is 0 Å². The molecular formula is C19H30O2. The third-order valence-corrected chi connectivity index (χ3v) is 3.59. The fourth-order valence-electron chi connectivity index (χ4n) is 1.90. The maximum atomic E-state index is 5.84. The summed E-state index contributed by atoms with van der Waals surface area (Å²) in [7, 11) is 0. The van der Waals surface area contributed by atoms with Crippen LogP contribution in [0.3, 0.4) is 0 Å². The number of allylic oxidation sites excluding steroid dienone is 1. The van der Waals surface area contributed by atoms with Gasteiger partial charge in [-0.05, 0) is 37.0 Å². The van der Waals surface area contributed by atoms with Crippen LogP contribution in [0.25, 0.3) is 0 Å². The predicted octanol–water partition coefficient (Wildman–Crippen LogP) is 5.97. The number of hydrogen-bond donors (Lipinski definition) is 0. The first-order valence-electron chi connectivity index (χ1n) is 8.31. The van der Waals surface area contributed by atoms with Crippen molar-refractivity contribution in [1.29, 1.82) is 0 Å². The Kier molecular flexibility index (Phi) is 9.43. The van der Waals surface area contributed by atoms with E-state index in [1.165, 1.54) is 25.7 Å². The Morgan fingerprint density at radius 2 is 1.81 bits per heavy atom. The lowest BCUT2D eigenvalue weighted by Crippen LogP contribution is -2.07. The van der Waals surface area contributed by atoms with Gasteiger partial charge < -0.3 is 9.47 Å². The number of rotatable bonds is 11. The van der Waals surface area contributed by atoms with E-state index in [0.717, 1.165) is 30.9 Å². The van der Waals surface area contributed by atoms with Crippen molar-refractivity contribution in [2.24, 2.45) is 5.92 Å². The zero-order chi connectivity index (χ0) is 15.3. The van der Waals surface area contributed by atoms with E-state index in [4.69, 9.17) is 9.47 Å². The highest BCUT2D eigenvalue weighted by molar-refractivity contribution is 5.39. The predicted molar refractivity (Wildman–Crippen MR) is 89.9 cm³/mol. The SMILES string of the molecule is CCCCCCC=COc1ccccc1OCC(C)CC. The largest absolute Gasteiger partial charge is 0.489 e. The van der Waals surface area contributed by atoms with E-state index in [1.54, 1.807) is 6.26 Å². The number of unbranched alkanes of at least 4 members (excludes halogenated alkanes) is 4. The van der Waals surface area contributed by atoms with Gasteiger partial charge in [0.1, 0.15) is 0 Å². The minimum Gasteiger partial charge on any atom is -0.489 e. The van der Waals surface area contributed by atoms with E-state index in [9.17, 15) is 0 Å². The number of benzene rings is 1. The van der Waals surface area contributed by atoms with Crippen LogP contribution in [0.5, 0.6) is 11.5 Å². The molecule has 0 N–H and O–H groups in total. The van der Waals surface area contributed by atoms with E-state index in [1.807, 2.05) is 24.3 Å². The second kappa shape index (κ2) is 11.2. The lowest BCUT2D eigenvalue weighted by atomic mass is 10.1. The second-order valence-corrected chi connectivity index (χ2v) is 5.61. The molecule has 0 radical (unpaired) electrons. The van der Waals surface area contributed by atoms with Crippen LogP contribution in [-0.4, -0.2) is 6.61 Å². The summed E-state index contributed by atoms with van der Waals surface area (Å²) in [6.07, 6.45) is 11.2. The molecule has 1 atom stereocenters. The molecule has 1 unspecified atom stereocenters. The molecule has 2 heteroatoms. The molecular weight excluding hydrogens is 260 g/mol. The van der Waals surface area contributed by atoms with Crippen molar-refractivity contribution >= 4 is 0 Å². The average molecular weight is 290 g/mol. The Balaban J connectivity index is 2.38. The molecule has 0 aliphatic rings. The number of hydrogen-bond acceptors (Lipinski definition) is 2. The van der Waals surface area contributed by atoms with Crippen molar-refractivity contribution in [3.8, 4) is 11.5 Å². The fourth-order valence-corrected chi connectivity index (χ4v) is 1.90. The summed E-state index contributed by atoms with van der Waals surface area (Å²) in [5.41, 5.74) is 0. The molecule has 0 aliphatic heterocycles. The molecule has 1 rings (SSSR count). The molecule has 2 nitrogen and oxygen atoms in total. The summed E-state index contributed by atoms with van der Waals surface area (Å²) >= 11 is 0. The van der Waals surface area contributed by atoms with Gasteiger partial charge in [-0.25, -0.2) is 0 Å². The van der Waals surface area contributed by atoms with Crippen LogP contribution in [-0.2, 0) is 0 Å². The Morgan fingerprint density at radius 3 is 2.52 bits per heavy atom. The van der Waals surface area contributed by atoms with Crippen LogP contribution in [0.2, 0.25) is 0 Å². The molecule has 0 spiro atoms. The molecule has 0 amide bonds. The number of para-hydroxylation sites is 2. The summed E-state index contributed by atoms with van der Waals surface area (Å²) in [5, 5.41) is 0. The number of ether oxygens (including phenoxy) is 2. The van der Waals surface area contributed by atoms with Gasteiger partial charge in [-0.15, -0.1) is 0 Å². The van der Waals surface area contributed by atoms with Gasteiger partial charge in [0.25, 0.3) is 0 Å². The van der Waals surface area contributed by atoms with Gasteiger partial charge in [0.05, 0.1) is 12.9 Å². The third-order valence-electron chi connectivity index (χ3n) is 3.59. The van der Waals surface area contributed by atoms with Crippen LogP contribution in [0.1, 0.15) is 59.3 Å². The highest BCUT2D eigenvalue weighted by Gasteiger charge is 2.05. The maximum absolute atomic E-state index is 5.84. The maximum Gasteiger partial charge on any atom is 0.168 e. The molecule has 0 aromatic heterocycles. The summed E-state index contributed by atoms with van der Waals surface area (Å²) in [6.45, 7) is 7.34. The average Bonchev–Trinajstić information content (AvgIpc) is 2.52. The van der Waals surface area contributed by atoms with Gasteiger partial charge in [0.15, 0.2) is 11.5 Å². The van der Waals surface area contributed by atoms with Crippen molar-refractivity contribution in [2.75, 3.05) is 6.61 Å². The second-order valence-electron chi connectivity index (χ2n) is 5.61. The molecule has 1 aromatic carbocycles. The molecule has 21 heavy (non-hydrogen) atoms. The molecule has 118 valence electrons. The van der Waals surface area contributed by atoms with Crippen LogP contribution in [0, 0.1) is 5.92 Å². The monoisotopic (exact) mass is 290 g/mol. The summed E-state index contributed by atoms with van der Waals surface area (Å²) in [4.78, 5) is 0. The molecule has 0 fully saturated rings. The van der Waals surface area contributed by atoms with Crippen molar-refractivity contribution in [3.63, 3.8) is 0 Å². The van der Waals surface area contributed by atoms with Gasteiger partial charge in [0.2, 0.25) is 0 Å². The zero-order valence-electron chi connectivity index (χ0n) is 13.8. The normalized spacial score (nSPS) is 12.5. The topological polar surface area (TPSA) is 18.5 Å². The van der Waals surface area contributed by atoms with Gasteiger partial charge in [0, 0.05) is 0 Å². The van der Waals surface area contributed by atoms with Gasteiger partial charge in [-0.1, -0.05) is 58.6 Å². The first-order valence-corrected chi connectivity index (χ1v) is 8.31.